The minimum atomic E-state index is 0.0473. The molecule has 4 aromatic rings. The molecule has 0 spiro atoms. The topological polar surface area (TPSA) is 80.0 Å². The van der Waals surface area contributed by atoms with Crippen molar-refractivity contribution in [2.75, 3.05) is 16.8 Å². The Bertz CT molecular complexity index is 1020. The Balaban J connectivity index is 1.77. The van der Waals surface area contributed by atoms with Crippen molar-refractivity contribution in [3.63, 3.8) is 0 Å². The van der Waals surface area contributed by atoms with Gasteiger partial charge in [0.1, 0.15) is 0 Å². The van der Waals surface area contributed by atoms with E-state index in [9.17, 15) is 0 Å². The molecule has 27 heavy (non-hydrogen) atoms. The minimum Gasteiger partial charge on any atom is -0.360 e. The van der Waals surface area contributed by atoms with Crippen molar-refractivity contribution in [2.45, 2.75) is 19.9 Å². The molecule has 1 N–H and O–H groups in total. The maximum Gasteiger partial charge on any atom is 0.245 e. The third kappa shape index (κ3) is 3.44. The fraction of sp³-hybridized carbons (Fsp3) is 0.200. The Morgan fingerprint density at radius 3 is 2.22 bits per heavy atom. The van der Waals surface area contributed by atoms with Crippen LogP contribution in [-0.4, -0.2) is 26.8 Å². The Labute approximate surface area is 157 Å². The number of anilines is 3. The number of nitrogens with zero attached hydrogens (tertiary/aromatic N) is 5. The predicted molar refractivity (Wildman–Crippen MR) is 105 cm³/mol. The van der Waals surface area contributed by atoms with Gasteiger partial charge in [-0.25, -0.2) is 14.6 Å². The number of rotatable bonds is 6. The van der Waals surface area contributed by atoms with E-state index in [1.54, 1.807) is 0 Å². The summed E-state index contributed by atoms with van der Waals surface area (Å²) in [6.45, 7) is 4.89. The molecule has 2 aromatic heterocycles. The van der Waals surface area contributed by atoms with E-state index in [2.05, 4.69) is 56.5 Å². The smallest absolute Gasteiger partial charge is 0.245 e. The standard InChI is InChI=1S/C20H20N6O/c1-3-26(16-12-8-5-9-13-16)20-19(22-17-18(23-20)25-27-24-17)21-14(2)15-10-6-4-7-11-15/h4-14H,3H2,1-2H3,(H,21,22,24)/t14-/m0/s1. The van der Waals surface area contributed by atoms with Gasteiger partial charge >= 0.3 is 0 Å². The molecule has 0 unspecified atom stereocenters. The van der Waals surface area contributed by atoms with Crippen LogP contribution in [0.5, 0.6) is 0 Å². The Kier molecular flexibility index (Phi) is 4.65. The first-order valence-electron chi connectivity index (χ1n) is 8.90. The third-order valence-electron chi connectivity index (χ3n) is 4.39. The predicted octanol–water partition coefficient (Wildman–Crippen LogP) is 4.34. The summed E-state index contributed by atoms with van der Waals surface area (Å²) in [7, 11) is 0. The Morgan fingerprint density at radius 2 is 1.56 bits per heavy atom. The molecule has 0 amide bonds. The molecule has 136 valence electrons. The molecule has 7 heteroatoms. The van der Waals surface area contributed by atoms with Gasteiger partial charge in [-0.2, -0.15) is 0 Å². The van der Waals surface area contributed by atoms with Gasteiger partial charge in [-0.1, -0.05) is 48.5 Å². The summed E-state index contributed by atoms with van der Waals surface area (Å²) in [5.74, 6) is 1.33. The molecule has 0 bridgehead atoms. The van der Waals surface area contributed by atoms with Crippen molar-refractivity contribution in [1.82, 2.24) is 20.3 Å². The highest BCUT2D eigenvalue weighted by Gasteiger charge is 2.20. The normalized spacial score (nSPS) is 12.1. The zero-order chi connectivity index (χ0) is 18.6. The van der Waals surface area contributed by atoms with Crippen LogP contribution in [0.15, 0.2) is 65.3 Å². The lowest BCUT2D eigenvalue weighted by Gasteiger charge is -2.25. The Morgan fingerprint density at radius 1 is 0.926 bits per heavy atom. The van der Waals surface area contributed by atoms with E-state index >= 15 is 0 Å². The summed E-state index contributed by atoms with van der Waals surface area (Å²) < 4.78 is 4.81. The van der Waals surface area contributed by atoms with Crippen molar-refractivity contribution in [3.05, 3.63) is 66.2 Å². The van der Waals surface area contributed by atoms with Gasteiger partial charge in [0.2, 0.25) is 11.3 Å². The van der Waals surface area contributed by atoms with E-state index in [-0.39, 0.29) is 6.04 Å². The van der Waals surface area contributed by atoms with Crippen LogP contribution in [0.4, 0.5) is 17.3 Å². The van der Waals surface area contributed by atoms with Crippen LogP contribution in [0, 0.1) is 0 Å². The molecule has 7 nitrogen and oxygen atoms in total. The van der Waals surface area contributed by atoms with Gasteiger partial charge in [0.05, 0.1) is 6.04 Å². The maximum atomic E-state index is 4.81. The van der Waals surface area contributed by atoms with E-state index in [0.29, 0.717) is 22.9 Å². The molecule has 4 rings (SSSR count). The highest BCUT2D eigenvalue weighted by molar-refractivity contribution is 5.77. The zero-order valence-corrected chi connectivity index (χ0v) is 15.2. The van der Waals surface area contributed by atoms with Crippen LogP contribution in [0.2, 0.25) is 0 Å². The summed E-state index contributed by atoms with van der Waals surface area (Å²) in [4.78, 5) is 11.4. The van der Waals surface area contributed by atoms with Crippen LogP contribution in [0.25, 0.3) is 11.3 Å². The summed E-state index contributed by atoms with van der Waals surface area (Å²) in [5.41, 5.74) is 2.95. The van der Waals surface area contributed by atoms with Crippen molar-refractivity contribution in [1.29, 1.82) is 0 Å². The molecule has 0 radical (unpaired) electrons. The average Bonchev–Trinajstić information content (AvgIpc) is 3.17. The molecule has 2 heterocycles. The van der Waals surface area contributed by atoms with Crippen molar-refractivity contribution < 1.29 is 4.63 Å². The van der Waals surface area contributed by atoms with Crippen LogP contribution < -0.4 is 10.2 Å². The second-order valence-corrected chi connectivity index (χ2v) is 6.16. The van der Waals surface area contributed by atoms with Gasteiger partial charge in [0.15, 0.2) is 11.6 Å². The zero-order valence-electron chi connectivity index (χ0n) is 15.2. The van der Waals surface area contributed by atoms with Crippen LogP contribution in [0.3, 0.4) is 0 Å². The van der Waals surface area contributed by atoms with Crippen LogP contribution in [0.1, 0.15) is 25.5 Å². The van der Waals surface area contributed by atoms with Gasteiger partial charge in [-0.05, 0) is 41.9 Å². The molecule has 0 saturated heterocycles. The fourth-order valence-electron chi connectivity index (χ4n) is 3.01. The van der Waals surface area contributed by atoms with Gasteiger partial charge in [0, 0.05) is 12.2 Å². The molecule has 2 aromatic carbocycles. The van der Waals surface area contributed by atoms with Crippen molar-refractivity contribution in [3.8, 4) is 0 Å². The summed E-state index contributed by atoms with van der Waals surface area (Å²) in [5, 5.41) is 11.2. The number of fused-ring (bicyclic) bond motifs is 1. The van der Waals surface area contributed by atoms with Gasteiger partial charge < -0.3 is 10.2 Å². The lowest BCUT2D eigenvalue weighted by Crippen LogP contribution is -2.21. The number of hydrogen-bond donors (Lipinski definition) is 1. The average molecular weight is 360 g/mol. The summed E-state index contributed by atoms with van der Waals surface area (Å²) >= 11 is 0. The molecule has 0 aliphatic carbocycles. The second-order valence-electron chi connectivity index (χ2n) is 6.16. The van der Waals surface area contributed by atoms with E-state index in [1.807, 2.05) is 48.5 Å². The Hall–Kier alpha value is -3.48. The van der Waals surface area contributed by atoms with Gasteiger partial charge in [-0.3, -0.25) is 0 Å². The molecule has 1 atom stereocenters. The summed E-state index contributed by atoms with van der Waals surface area (Å²) in [6, 6.07) is 20.3. The maximum absolute atomic E-state index is 4.81. The molecule has 0 saturated carbocycles. The number of nitrogens with one attached hydrogen (secondary N) is 1. The van der Waals surface area contributed by atoms with Crippen molar-refractivity contribution >= 4 is 28.6 Å². The molecule has 0 aliphatic heterocycles. The minimum absolute atomic E-state index is 0.0473. The lowest BCUT2D eigenvalue weighted by molar-refractivity contribution is 0.314. The lowest BCUT2D eigenvalue weighted by atomic mass is 10.1. The number of benzene rings is 2. The fourth-order valence-corrected chi connectivity index (χ4v) is 3.01. The van der Waals surface area contributed by atoms with Crippen LogP contribution >= 0.6 is 0 Å². The quantitative estimate of drug-likeness (QED) is 0.548. The largest absolute Gasteiger partial charge is 0.360 e. The molecule has 0 aliphatic rings. The first kappa shape index (κ1) is 17.0. The summed E-state index contributed by atoms with van der Waals surface area (Å²) in [6.07, 6.45) is 0. The van der Waals surface area contributed by atoms with E-state index in [4.69, 9.17) is 4.63 Å². The molecular weight excluding hydrogens is 340 g/mol. The van der Waals surface area contributed by atoms with E-state index in [1.165, 1.54) is 0 Å². The molecule has 0 fully saturated rings. The third-order valence-corrected chi connectivity index (χ3v) is 4.39. The first-order chi connectivity index (χ1) is 13.3. The number of aromatic nitrogens is 4. The highest BCUT2D eigenvalue weighted by atomic mass is 16.6. The second kappa shape index (κ2) is 7.41. The van der Waals surface area contributed by atoms with Gasteiger partial charge in [-0.15, -0.1) is 0 Å². The number of hydrogen-bond acceptors (Lipinski definition) is 7. The molecular formula is C20H20N6O. The van der Waals surface area contributed by atoms with E-state index in [0.717, 1.165) is 17.8 Å². The number of para-hydroxylation sites is 1. The van der Waals surface area contributed by atoms with Gasteiger partial charge in [0.25, 0.3) is 0 Å². The van der Waals surface area contributed by atoms with Crippen molar-refractivity contribution in [2.24, 2.45) is 0 Å². The monoisotopic (exact) mass is 360 g/mol. The van der Waals surface area contributed by atoms with E-state index < -0.39 is 0 Å². The first-order valence-corrected chi connectivity index (χ1v) is 8.90. The highest BCUT2D eigenvalue weighted by Crippen LogP contribution is 2.32. The van der Waals surface area contributed by atoms with Crippen LogP contribution in [-0.2, 0) is 0 Å². The SMILES string of the molecule is CCN(c1ccccc1)c1nc2nonc2nc1N[C@@H](C)c1ccccc1.